The number of carbonyl (C=O) groups is 1. The fraction of sp³-hybridized carbons (Fsp3) is 0.208. The molecule has 9 heteroatoms. The molecule has 0 bridgehead atoms. The summed E-state index contributed by atoms with van der Waals surface area (Å²) < 4.78 is 24.6. The molecule has 2 aromatic carbocycles. The summed E-state index contributed by atoms with van der Waals surface area (Å²) in [6.07, 6.45) is 0. The lowest BCUT2D eigenvalue weighted by Gasteiger charge is -2.38. The number of nitrogens with one attached hydrogen (secondary N) is 2. The first-order chi connectivity index (χ1) is 15.8. The van der Waals surface area contributed by atoms with Crippen molar-refractivity contribution in [1.82, 2.24) is 10.5 Å². The minimum Gasteiger partial charge on any atom is -0.497 e. The van der Waals surface area contributed by atoms with E-state index in [1.807, 2.05) is 24.3 Å². The van der Waals surface area contributed by atoms with Gasteiger partial charge in [0.05, 0.1) is 24.4 Å². The summed E-state index contributed by atoms with van der Waals surface area (Å²) in [6, 6.07) is 13.3. The molecule has 0 radical (unpaired) electrons. The largest absolute Gasteiger partial charge is 0.497 e. The maximum Gasteiger partial charge on any atom is 0.257 e. The second-order valence-electron chi connectivity index (χ2n) is 7.70. The van der Waals surface area contributed by atoms with Gasteiger partial charge < -0.3 is 19.9 Å². The summed E-state index contributed by atoms with van der Waals surface area (Å²) in [5, 5.41) is 10.2. The lowest BCUT2D eigenvalue weighted by atomic mass is 9.94. The standard InChI is InChI=1S/C24H23FN4O3S/c1-13-5-8-17(12-19(13)25)29-15(3)21(23(30)26-20-11-14(2)32-28-20)22(27-24(29)33)16-6-9-18(31-4)10-7-16/h5-12,22H,1-4H3,(H,27,33)(H,26,28,30)/t22-/m1/s1. The van der Waals surface area contributed by atoms with E-state index in [1.165, 1.54) is 6.07 Å². The number of allylic oxidation sites excluding steroid dienone is 1. The third kappa shape index (κ3) is 4.45. The van der Waals surface area contributed by atoms with E-state index in [0.717, 1.165) is 5.56 Å². The molecule has 2 heterocycles. The number of halogens is 1. The molecule has 2 N–H and O–H groups in total. The Balaban J connectivity index is 1.80. The molecule has 1 aliphatic rings. The number of ether oxygens (including phenoxy) is 1. The maximum atomic E-state index is 14.3. The molecule has 7 nitrogen and oxygen atoms in total. The van der Waals surface area contributed by atoms with Crippen LogP contribution in [0.15, 0.2) is 64.3 Å². The summed E-state index contributed by atoms with van der Waals surface area (Å²) in [4.78, 5) is 15.1. The van der Waals surface area contributed by atoms with Crippen molar-refractivity contribution in [2.75, 3.05) is 17.3 Å². The van der Waals surface area contributed by atoms with Crippen LogP contribution in [0.5, 0.6) is 5.75 Å². The number of aromatic nitrogens is 1. The topological polar surface area (TPSA) is 79.6 Å². The predicted octanol–water partition coefficient (Wildman–Crippen LogP) is 4.79. The van der Waals surface area contributed by atoms with Crippen molar-refractivity contribution < 1.29 is 18.4 Å². The Kier molecular flexibility index (Phi) is 6.15. The van der Waals surface area contributed by atoms with Gasteiger partial charge in [-0.2, -0.15) is 0 Å². The lowest BCUT2D eigenvalue weighted by Crippen LogP contribution is -2.48. The van der Waals surface area contributed by atoms with Crippen molar-refractivity contribution in [3.8, 4) is 5.75 Å². The third-order valence-electron chi connectivity index (χ3n) is 5.46. The van der Waals surface area contributed by atoms with Gasteiger partial charge in [-0.25, -0.2) is 4.39 Å². The zero-order valence-electron chi connectivity index (χ0n) is 18.6. The molecule has 1 amide bonds. The van der Waals surface area contributed by atoms with Crippen LogP contribution in [-0.2, 0) is 4.79 Å². The third-order valence-corrected chi connectivity index (χ3v) is 5.76. The van der Waals surface area contributed by atoms with Crippen molar-refractivity contribution in [2.24, 2.45) is 0 Å². The highest BCUT2D eigenvalue weighted by atomic mass is 32.1. The van der Waals surface area contributed by atoms with E-state index in [0.29, 0.717) is 45.0 Å². The Hall–Kier alpha value is -3.72. The van der Waals surface area contributed by atoms with Gasteiger partial charge in [0.15, 0.2) is 10.9 Å². The highest BCUT2D eigenvalue weighted by molar-refractivity contribution is 7.80. The Labute approximate surface area is 196 Å². The van der Waals surface area contributed by atoms with Gasteiger partial charge in [-0.15, -0.1) is 0 Å². The van der Waals surface area contributed by atoms with Crippen molar-refractivity contribution in [1.29, 1.82) is 0 Å². The number of thiocarbonyl (C=S) groups is 1. The molecule has 1 atom stereocenters. The van der Waals surface area contributed by atoms with E-state index in [-0.39, 0.29) is 11.7 Å². The van der Waals surface area contributed by atoms with Gasteiger partial charge in [0, 0.05) is 11.8 Å². The normalized spacial score (nSPS) is 16.0. The molecule has 0 aliphatic carbocycles. The van der Waals surface area contributed by atoms with Crippen molar-refractivity contribution in [2.45, 2.75) is 26.8 Å². The number of aryl methyl sites for hydroxylation is 2. The van der Waals surface area contributed by atoms with Crippen LogP contribution in [0.1, 0.15) is 29.9 Å². The summed E-state index contributed by atoms with van der Waals surface area (Å²) in [5.41, 5.74) is 2.83. The van der Waals surface area contributed by atoms with Crippen LogP contribution in [0.3, 0.4) is 0 Å². The smallest absolute Gasteiger partial charge is 0.257 e. The first kappa shape index (κ1) is 22.5. The molecular formula is C24H23FN4O3S. The van der Waals surface area contributed by atoms with Crippen LogP contribution in [0, 0.1) is 19.7 Å². The van der Waals surface area contributed by atoms with Gasteiger partial charge in [0.1, 0.15) is 17.3 Å². The van der Waals surface area contributed by atoms with E-state index in [2.05, 4.69) is 15.8 Å². The molecule has 1 aliphatic heterocycles. The fourth-order valence-electron chi connectivity index (χ4n) is 3.72. The Morgan fingerprint density at radius 1 is 1.18 bits per heavy atom. The maximum absolute atomic E-state index is 14.3. The van der Waals surface area contributed by atoms with Crippen LogP contribution >= 0.6 is 12.2 Å². The molecule has 0 spiro atoms. The van der Waals surface area contributed by atoms with Crippen LogP contribution in [0.25, 0.3) is 0 Å². The summed E-state index contributed by atoms with van der Waals surface area (Å²) in [7, 11) is 1.59. The van der Waals surface area contributed by atoms with Crippen LogP contribution < -0.4 is 20.3 Å². The fourth-order valence-corrected chi connectivity index (χ4v) is 4.08. The molecular weight excluding hydrogens is 443 g/mol. The van der Waals surface area contributed by atoms with Crippen molar-refractivity contribution in [3.63, 3.8) is 0 Å². The molecule has 1 aromatic heterocycles. The summed E-state index contributed by atoms with van der Waals surface area (Å²) >= 11 is 5.64. The number of anilines is 2. The van der Waals surface area contributed by atoms with Gasteiger partial charge in [-0.1, -0.05) is 23.4 Å². The van der Waals surface area contributed by atoms with E-state index in [9.17, 15) is 9.18 Å². The van der Waals surface area contributed by atoms with Gasteiger partial charge >= 0.3 is 0 Å². The molecule has 0 saturated heterocycles. The highest BCUT2D eigenvalue weighted by Crippen LogP contribution is 2.35. The van der Waals surface area contributed by atoms with E-state index >= 15 is 0 Å². The second kappa shape index (κ2) is 9.03. The minimum atomic E-state index is -0.539. The SMILES string of the molecule is COc1ccc([C@H]2NC(=S)N(c3ccc(C)c(F)c3)C(C)=C2C(=O)Nc2cc(C)on2)cc1. The second-order valence-corrected chi connectivity index (χ2v) is 8.09. The molecule has 0 saturated carbocycles. The molecule has 3 aromatic rings. The number of benzene rings is 2. The lowest BCUT2D eigenvalue weighted by molar-refractivity contribution is -0.113. The molecule has 33 heavy (non-hydrogen) atoms. The van der Waals surface area contributed by atoms with E-state index in [1.54, 1.807) is 51.0 Å². The zero-order chi connectivity index (χ0) is 23.7. The Morgan fingerprint density at radius 3 is 2.52 bits per heavy atom. The van der Waals surface area contributed by atoms with Crippen molar-refractivity contribution >= 4 is 34.7 Å². The number of hydrogen-bond acceptors (Lipinski definition) is 5. The van der Waals surface area contributed by atoms with Crippen LogP contribution in [0.2, 0.25) is 0 Å². The molecule has 4 rings (SSSR count). The van der Waals surface area contributed by atoms with Gasteiger partial charge in [0.25, 0.3) is 5.91 Å². The summed E-state index contributed by atoms with van der Waals surface area (Å²) in [5.74, 6) is 0.826. The number of hydrogen-bond donors (Lipinski definition) is 2. The molecule has 0 unspecified atom stereocenters. The molecule has 0 fully saturated rings. The predicted molar refractivity (Wildman–Crippen MR) is 128 cm³/mol. The van der Waals surface area contributed by atoms with Crippen LogP contribution in [-0.4, -0.2) is 23.3 Å². The average Bonchev–Trinajstić information content (AvgIpc) is 3.20. The highest BCUT2D eigenvalue weighted by Gasteiger charge is 2.35. The van der Waals surface area contributed by atoms with Gasteiger partial charge in [-0.3, -0.25) is 9.69 Å². The van der Waals surface area contributed by atoms with Gasteiger partial charge in [-0.05, 0) is 68.4 Å². The van der Waals surface area contributed by atoms with E-state index in [4.69, 9.17) is 21.5 Å². The summed E-state index contributed by atoms with van der Waals surface area (Å²) in [6.45, 7) is 5.21. The minimum absolute atomic E-state index is 0.298. The zero-order valence-corrected chi connectivity index (χ0v) is 19.4. The number of nitrogens with zero attached hydrogens (tertiary/aromatic N) is 2. The van der Waals surface area contributed by atoms with Gasteiger partial charge in [0.2, 0.25) is 0 Å². The molecule has 170 valence electrons. The Bertz CT molecular complexity index is 1250. The first-order valence-corrected chi connectivity index (χ1v) is 10.7. The first-order valence-electron chi connectivity index (χ1n) is 10.2. The number of amides is 1. The monoisotopic (exact) mass is 466 g/mol. The quantitative estimate of drug-likeness (QED) is 0.524. The number of carbonyl (C=O) groups excluding carboxylic acids is 1. The number of rotatable bonds is 5. The Morgan fingerprint density at radius 2 is 1.91 bits per heavy atom. The average molecular weight is 467 g/mol. The van der Waals surface area contributed by atoms with Crippen molar-refractivity contribution in [3.05, 3.63) is 82.5 Å². The van der Waals surface area contributed by atoms with E-state index < -0.39 is 6.04 Å². The number of methoxy groups -OCH3 is 1. The van der Waals surface area contributed by atoms with Crippen LogP contribution in [0.4, 0.5) is 15.9 Å².